The minimum atomic E-state index is 0.0441. The lowest BCUT2D eigenvalue weighted by molar-refractivity contribution is 0.153. The van der Waals surface area contributed by atoms with Crippen molar-refractivity contribution in [2.24, 2.45) is 22.5 Å². The Kier molecular flexibility index (Phi) is 2.50. The van der Waals surface area contributed by atoms with E-state index < -0.39 is 0 Å². The van der Waals surface area contributed by atoms with Crippen LogP contribution in [0.1, 0.15) is 33.6 Å². The van der Waals surface area contributed by atoms with Crippen molar-refractivity contribution >= 4 is 0 Å². The van der Waals surface area contributed by atoms with Crippen LogP contribution in [-0.4, -0.2) is 18.3 Å². The van der Waals surface area contributed by atoms with Crippen LogP contribution in [-0.2, 0) is 0 Å². The predicted octanol–water partition coefficient (Wildman–Crippen LogP) is 1.38. The van der Waals surface area contributed by atoms with Crippen molar-refractivity contribution < 1.29 is 5.11 Å². The molecule has 12 heavy (non-hydrogen) atoms. The van der Waals surface area contributed by atoms with Gasteiger partial charge in [-0.25, -0.2) is 0 Å². The van der Waals surface area contributed by atoms with Crippen LogP contribution in [0.25, 0.3) is 0 Å². The van der Waals surface area contributed by atoms with Gasteiger partial charge in [0.25, 0.3) is 0 Å². The van der Waals surface area contributed by atoms with Gasteiger partial charge in [0.2, 0.25) is 0 Å². The minimum absolute atomic E-state index is 0.0441. The first-order valence-corrected chi connectivity index (χ1v) is 4.87. The van der Waals surface area contributed by atoms with Crippen molar-refractivity contribution in [1.82, 2.24) is 0 Å². The largest absolute Gasteiger partial charge is 0.396 e. The fraction of sp³-hybridized carbons (Fsp3) is 1.00. The highest BCUT2D eigenvalue weighted by Gasteiger charge is 2.64. The molecule has 0 saturated heterocycles. The molecule has 72 valence electrons. The molecule has 2 nitrogen and oxygen atoms in total. The Labute approximate surface area is 75.2 Å². The molecule has 0 aromatic rings. The van der Waals surface area contributed by atoms with Crippen molar-refractivity contribution in [3.05, 3.63) is 0 Å². The van der Waals surface area contributed by atoms with E-state index in [4.69, 9.17) is 5.73 Å². The molecular weight excluding hydrogens is 150 g/mol. The summed E-state index contributed by atoms with van der Waals surface area (Å²) in [5.41, 5.74) is 6.03. The van der Waals surface area contributed by atoms with Gasteiger partial charge >= 0.3 is 0 Å². The van der Waals surface area contributed by atoms with Crippen LogP contribution < -0.4 is 5.73 Å². The normalized spacial score (nSPS) is 42.8. The second-order valence-electron chi connectivity index (χ2n) is 4.55. The van der Waals surface area contributed by atoms with Crippen molar-refractivity contribution in [1.29, 1.82) is 0 Å². The first-order valence-electron chi connectivity index (χ1n) is 4.87. The molecule has 1 rings (SSSR count). The Morgan fingerprint density at radius 1 is 1.58 bits per heavy atom. The summed E-state index contributed by atoms with van der Waals surface area (Å²) < 4.78 is 0. The van der Waals surface area contributed by atoms with Gasteiger partial charge in [-0.3, -0.25) is 0 Å². The Morgan fingerprint density at radius 3 is 2.42 bits per heavy atom. The van der Waals surface area contributed by atoms with Gasteiger partial charge in [0.15, 0.2) is 0 Å². The van der Waals surface area contributed by atoms with E-state index in [1.165, 1.54) is 6.42 Å². The second kappa shape index (κ2) is 3.00. The Morgan fingerprint density at radius 2 is 2.17 bits per heavy atom. The van der Waals surface area contributed by atoms with Crippen LogP contribution in [0, 0.1) is 16.7 Å². The quantitative estimate of drug-likeness (QED) is 0.671. The third kappa shape index (κ3) is 1.09. The Bertz CT molecular complexity index is 165. The Hall–Kier alpha value is -0.0800. The molecule has 1 fully saturated rings. The highest BCUT2D eigenvalue weighted by Crippen LogP contribution is 2.67. The molecule has 0 spiro atoms. The summed E-state index contributed by atoms with van der Waals surface area (Å²) in [5.74, 6) is 0.674. The van der Waals surface area contributed by atoms with Crippen LogP contribution in [0.3, 0.4) is 0 Å². The van der Waals surface area contributed by atoms with Gasteiger partial charge in [0.1, 0.15) is 0 Å². The zero-order valence-electron chi connectivity index (χ0n) is 8.43. The molecule has 0 bridgehead atoms. The van der Waals surface area contributed by atoms with E-state index >= 15 is 0 Å². The molecular formula is C10H21NO. The third-order valence-electron chi connectivity index (χ3n) is 4.19. The molecule has 3 N–H and O–H groups in total. The van der Waals surface area contributed by atoms with Crippen molar-refractivity contribution in [2.75, 3.05) is 13.2 Å². The molecule has 1 aliphatic carbocycles. The van der Waals surface area contributed by atoms with E-state index in [1.807, 2.05) is 0 Å². The van der Waals surface area contributed by atoms with Gasteiger partial charge in [0, 0.05) is 12.0 Å². The maximum atomic E-state index is 9.26. The molecule has 1 aliphatic rings. The van der Waals surface area contributed by atoms with E-state index in [0.29, 0.717) is 17.9 Å². The monoisotopic (exact) mass is 171 g/mol. The number of nitrogens with two attached hydrogens (primary N) is 1. The van der Waals surface area contributed by atoms with Gasteiger partial charge in [-0.1, -0.05) is 27.2 Å². The van der Waals surface area contributed by atoms with E-state index in [0.717, 1.165) is 6.42 Å². The fourth-order valence-electron chi connectivity index (χ4n) is 2.41. The van der Waals surface area contributed by atoms with Gasteiger partial charge in [-0.15, -0.1) is 0 Å². The van der Waals surface area contributed by atoms with Crippen LogP contribution in [0.2, 0.25) is 0 Å². The van der Waals surface area contributed by atoms with Crippen LogP contribution in [0.5, 0.6) is 0 Å². The standard InChI is InChI=1S/C10H21NO/c1-4-8(2)9(3)5-10(9,6-11)7-12/h8,12H,4-7,11H2,1-3H3. The topological polar surface area (TPSA) is 46.2 Å². The van der Waals surface area contributed by atoms with E-state index in [2.05, 4.69) is 20.8 Å². The zero-order valence-corrected chi connectivity index (χ0v) is 8.43. The first-order chi connectivity index (χ1) is 5.56. The summed E-state index contributed by atoms with van der Waals surface area (Å²) in [5, 5.41) is 9.26. The second-order valence-corrected chi connectivity index (χ2v) is 4.55. The summed E-state index contributed by atoms with van der Waals surface area (Å²) in [7, 11) is 0. The smallest absolute Gasteiger partial charge is 0.0505 e. The van der Waals surface area contributed by atoms with Gasteiger partial charge in [0.05, 0.1) is 6.61 Å². The lowest BCUT2D eigenvalue weighted by Crippen LogP contribution is -2.28. The maximum Gasteiger partial charge on any atom is 0.0505 e. The highest BCUT2D eigenvalue weighted by molar-refractivity contribution is 5.14. The molecule has 2 heteroatoms. The zero-order chi connectivity index (χ0) is 9.41. The number of rotatable bonds is 4. The number of hydrogen-bond donors (Lipinski definition) is 2. The number of aliphatic hydroxyl groups excluding tert-OH is 1. The third-order valence-corrected chi connectivity index (χ3v) is 4.19. The molecule has 0 aliphatic heterocycles. The molecule has 0 aromatic heterocycles. The van der Waals surface area contributed by atoms with E-state index in [9.17, 15) is 5.11 Å². The average molecular weight is 171 g/mol. The molecule has 1 saturated carbocycles. The minimum Gasteiger partial charge on any atom is -0.396 e. The van der Waals surface area contributed by atoms with E-state index in [-0.39, 0.29) is 12.0 Å². The lowest BCUT2D eigenvalue weighted by atomic mass is 9.82. The first kappa shape index (κ1) is 10.0. The van der Waals surface area contributed by atoms with Crippen LogP contribution in [0.15, 0.2) is 0 Å². The predicted molar refractivity (Wildman–Crippen MR) is 50.8 cm³/mol. The van der Waals surface area contributed by atoms with E-state index in [1.54, 1.807) is 0 Å². The lowest BCUT2D eigenvalue weighted by Gasteiger charge is -2.24. The summed E-state index contributed by atoms with van der Waals surface area (Å²) >= 11 is 0. The summed E-state index contributed by atoms with van der Waals surface area (Å²) in [6.07, 6.45) is 2.28. The van der Waals surface area contributed by atoms with Gasteiger partial charge < -0.3 is 10.8 Å². The van der Waals surface area contributed by atoms with Crippen LogP contribution in [0.4, 0.5) is 0 Å². The Balaban J connectivity index is 2.67. The average Bonchev–Trinajstić information content (AvgIpc) is 2.72. The van der Waals surface area contributed by atoms with Gasteiger partial charge in [-0.05, 0) is 17.8 Å². The highest BCUT2D eigenvalue weighted by atomic mass is 16.3. The summed E-state index contributed by atoms with van der Waals surface area (Å²) in [4.78, 5) is 0. The van der Waals surface area contributed by atoms with Gasteiger partial charge in [-0.2, -0.15) is 0 Å². The molecule has 0 heterocycles. The molecule has 0 aromatic carbocycles. The fourth-order valence-corrected chi connectivity index (χ4v) is 2.41. The molecule has 3 atom stereocenters. The van der Waals surface area contributed by atoms with Crippen LogP contribution >= 0.6 is 0 Å². The molecule has 0 amide bonds. The SMILES string of the molecule is CCC(C)C1(C)CC1(CN)CO. The molecule has 3 unspecified atom stereocenters. The molecule has 0 radical (unpaired) electrons. The maximum absolute atomic E-state index is 9.26. The summed E-state index contributed by atoms with van der Waals surface area (Å²) in [6, 6.07) is 0. The number of hydrogen-bond acceptors (Lipinski definition) is 2. The van der Waals surface area contributed by atoms with Crippen molar-refractivity contribution in [2.45, 2.75) is 33.6 Å². The summed E-state index contributed by atoms with van der Waals surface area (Å²) in [6.45, 7) is 7.60. The number of aliphatic hydroxyl groups is 1. The van der Waals surface area contributed by atoms with Crippen molar-refractivity contribution in [3.8, 4) is 0 Å². The van der Waals surface area contributed by atoms with Crippen molar-refractivity contribution in [3.63, 3.8) is 0 Å².